The lowest BCUT2D eigenvalue weighted by molar-refractivity contribution is -0.870. The van der Waals surface area contributed by atoms with E-state index < -0.39 is 19.9 Å². The van der Waals surface area contributed by atoms with Crippen molar-refractivity contribution in [2.45, 2.75) is 97.0 Å². The zero-order valence-corrected chi connectivity index (χ0v) is 25.1. The quantitative estimate of drug-likeness (QED) is 0.0458. The highest BCUT2D eigenvalue weighted by Gasteiger charge is 2.19. The molecule has 0 radical (unpaired) electrons. The molecule has 0 rings (SSSR count). The molecule has 0 heterocycles. The maximum atomic E-state index is 12.0. The Balaban J connectivity index is 3.94. The van der Waals surface area contributed by atoms with Crippen molar-refractivity contribution in [1.82, 2.24) is 0 Å². The Kier molecular flexibility index (Phi) is 22.3. The van der Waals surface area contributed by atoms with E-state index in [2.05, 4.69) is 31.2 Å². The molecule has 0 aromatic carbocycles. The van der Waals surface area contributed by atoms with Crippen LogP contribution in [0.1, 0.15) is 90.9 Å². The molecule has 0 saturated heterocycles. The Morgan fingerprint density at radius 2 is 1.46 bits per heavy atom. The average molecular weight is 548 g/mol. The smallest absolute Gasteiger partial charge is 0.305 e. The first-order valence-electron chi connectivity index (χ1n) is 14.1. The molecule has 0 amide bonds. The largest absolute Gasteiger partial charge is 0.756 e. The van der Waals surface area contributed by atoms with Crippen LogP contribution >= 0.6 is 7.82 Å². The van der Waals surface area contributed by atoms with Crippen LogP contribution in [0.2, 0.25) is 0 Å². The summed E-state index contributed by atoms with van der Waals surface area (Å²) >= 11 is 0. The molecular weight excluding hydrogens is 493 g/mol. The van der Waals surface area contributed by atoms with Crippen LogP contribution in [0.15, 0.2) is 24.3 Å². The molecule has 0 spiro atoms. The van der Waals surface area contributed by atoms with Crippen molar-refractivity contribution in [3.8, 4) is 0 Å². The second-order valence-electron chi connectivity index (χ2n) is 10.4. The van der Waals surface area contributed by atoms with Crippen molar-refractivity contribution >= 4 is 13.8 Å². The summed E-state index contributed by atoms with van der Waals surface area (Å²) in [6.45, 7) is 4.73. The number of unbranched alkanes of at least 4 members (excludes halogenated alkanes) is 8. The number of likely N-dealkylation sites (N-methyl/N-ethyl adjacent to an activating group) is 1. The van der Waals surface area contributed by atoms with Gasteiger partial charge in [-0.25, -0.2) is 0 Å². The standard InChI is InChI=1S/C28H54NO7P/c1-6-8-9-10-11-12-13-14-15-16-17-18-19-20-21-23-33-25-27(36-28(30)7-2)26-35-37(31,32)34-24-22-29(3,4)5/h10-11,13-14,27H,6-9,12,15-26H2,1-5H3/b11-10-,14-13-. The summed E-state index contributed by atoms with van der Waals surface area (Å²) in [6, 6.07) is 0. The summed E-state index contributed by atoms with van der Waals surface area (Å²) in [5.74, 6) is -0.429. The monoisotopic (exact) mass is 547 g/mol. The minimum Gasteiger partial charge on any atom is -0.756 e. The molecule has 0 aromatic heterocycles. The lowest BCUT2D eigenvalue weighted by atomic mass is 10.1. The fourth-order valence-corrected chi connectivity index (χ4v) is 3.97. The number of ether oxygens (including phenoxy) is 2. The first-order chi connectivity index (χ1) is 17.6. The Bertz CT molecular complexity index is 661. The van der Waals surface area contributed by atoms with E-state index in [4.69, 9.17) is 18.5 Å². The second-order valence-corrected chi connectivity index (χ2v) is 11.8. The van der Waals surface area contributed by atoms with E-state index in [-0.39, 0.29) is 26.2 Å². The molecule has 0 aliphatic heterocycles. The van der Waals surface area contributed by atoms with E-state index >= 15 is 0 Å². The summed E-state index contributed by atoms with van der Waals surface area (Å²) in [5, 5.41) is 0. The fourth-order valence-electron chi connectivity index (χ4n) is 3.24. The normalized spacial score (nSPS) is 14.9. The van der Waals surface area contributed by atoms with Gasteiger partial charge in [0.25, 0.3) is 7.82 Å². The van der Waals surface area contributed by atoms with Gasteiger partial charge in [-0.1, -0.05) is 76.7 Å². The summed E-state index contributed by atoms with van der Waals surface area (Å²) in [5.41, 5.74) is 0. The van der Waals surface area contributed by atoms with Crippen LogP contribution in [-0.4, -0.2) is 70.7 Å². The van der Waals surface area contributed by atoms with E-state index in [0.717, 1.165) is 32.1 Å². The van der Waals surface area contributed by atoms with Gasteiger partial charge in [0.1, 0.15) is 19.3 Å². The van der Waals surface area contributed by atoms with Crippen molar-refractivity contribution in [2.24, 2.45) is 0 Å². The number of phosphoric ester groups is 1. The summed E-state index contributed by atoms with van der Waals surface area (Å²) < 4.78 is 33.3. The molecule has 0 aromatic rings. The molecule has 9 heteroatoms. The molecule has 0 aliphatic carbocycles. The van der Waals surface area contributed by atoms with Gasteiger partial charge >= 0.3 is 5.97 Å². The van der Waals surface area contributed by atoms with Gasteiger partial charge in [-0.05, 0) is 32.1 Å². The zero-order chi connectivity index (χ0) is 27.8. The number of nitrogens with zero attached hydrogens (tertiary/aromatic N) is 1. The SMILES string of the molecule is CCCC/C=C\C/C=C\CCCCCCCCOCC(COP(=O)([O-])OCC[N+](C)(C)C)OC(=O)CC. The predicted octanol–water partition coefficient (Wildman–Crippen LogP) is 5.96. The maximum Gasteiger partial charge on any atom is 0.305 e. The number of quaternary nitrogens is 1. The molecule has 8 nitrogen and oxygen atoms in total. The number of esters is 1. The molecule has 0 N–H and O–H groups in total. The zero-order valence-electron chi connectivity index (χ0n) is 24.2. The number of rotatable bonds is 25. The van der Waals surface area contributed by atoms with Crippen LogP contribution in [0.4, 0.5) is 0 Å². The Labute approximate surface area is 226 Å². The topological polar surface area (TPSA) is 94.1 Å². The Hall–Kier alpha value is -1.02. The van der Waals surface area contributed by atoms with Crippen LogP contribution in [-0.2, 0) is 27.9 Å². The third-order valence-electron chi connectivity index (χ3n) is 5.56. The number of allylic oxidation sites excluding steroid dienone is 4. The highest BCUT2D eigenvalue weighted by atomic mass is 31.2. The molecule has 37 heavy (non-hydrogen) atoms. The highest BCUT2D eigenvalue weighted by Crippen LogP contribution is 2.38. The lowest BCUT2D eigenvalue weighted by Gasteiger charge is -2.28. The van der Waals surface area contributed by atoms with E-state index in [9.17, 15) is 14.3 Å². The van der Waals surface area contributed by atoms with Crippen LogP contribution in [0, 0.1) is 0 Å². The molecule has 2 atom stereocenters. The van der Waals surface area contributed by atoms with Gasteiger partial charge in [-0.15, -0.1) is 0 Å². The fraction of sp³-hybridized carbons (Fsp3) is 0.821. The number of hydrogen-bond acceptors (Lipinski definition) is 7. The van der Waals surface area contributed by atoms with Gasteiger partial charge in [0, 0.05) is 13.0 Å². The lowest BCUT2D eigenvalue weighted by Crippen LogP contribution is -2.37. The Morgan fingerprint density at radius 3 is 2.08 bits per heavy atom. The van der Waals surface area contributed by atoms with Crippen molar-refractivity contribution in [3.05, 3.63) is 24.3 Å². The number of phosphoric acid groups is 1. The van der Waals surface area contributed by atoms with Gasteiger partial charge in [0.15, 0.2) is 0 Å². The maximum absolute atomic E-state index is 12.0. The summed E-state index contributed by atoms with van der Waals surface area (Å²) in [7, 11) is 1.33. The van der Waals surface area contributed by atoms with Gasteiger partial charge in [0.2, 0.25) is 0 Å². The van der Waals surface area contributed by atoms with Crippen LogP contribution in [0.3, 0.4) is 0 Å². The van der Waals surface area contributed by atoms with Crippen molar-refractivity contribution in [2.75, 3.05) is 54.1 Å². The predicted molar refractivity (Wildman–Crippen MR) is 148 cm³/mol. The van der Waals surface area contributed by atoms with Crippen LogP contribution in [0.5, 0.6) is 0 Å². The molecule has 0 saturated carbocycles. The molecule has 0 bridgehead atoms. The van der Waals surface area contributed by atoms with Gasteiger partial charge < -0.3 is 27.9 Å². The van der Waals surface area contributed by atoms with Crippen LogP contribution < -0.4 is 4.89 Å². The highest BCUT2D eigenvalue weighted by molar-refractivity contribution is 7.45. The first kappa shape index (κ1) is 36.0. The number of hydrogen-bond donors (Lipinski definition) is 0. The van der Waals surface area contributed by atoms with E-state index in [1.807, 2.05) is 21.1 Å². The van der Waals surface area contributed by atoms with E-state index in [1.54, 1.807) is 6.92 Å². The number of carbonyl (C=O) groups excluding carboxylic acids is 1. The van der Waals surface area contributed by atoms with Gasteiger partial charge in [0.05, 0.1) is 34.4 Å². The first-order valence-corrected chi connectivity index (χ1v) is 15.5. The minimum absolute atomic E-state index is 0.0215. The molecular formula is C28H54NO7P. The van der Waals surface area contributed by atoms with Crippen molar-refractivity contribution in [3.63, 3.8) is 0 Å². The van der Waals surface area contributed by atoms with Crippen molar-refractivity contribution < 1.29 is 37.3 Å². The summed E-state index contributed by atoms with van der Waals surface area (Å²) in [4.78, 5) is 23.7. The van der Waals surface area contributed by atoms with Gasteiger partial charge in [-0.2, -0.15) is 0 Å². The number of carbonyl (C=O) groups is 1. The molecule has 218 valence electrons. The van der Waals surface area contributed by atoms with Crippen LogP contribution in [0.25, 0.3) is 0 Å². The second kappa shape index (κ2) is 22.9. The van der Waals surface area contributed by atoms with E-state index in [1.165, 1.54) is 38.5 Å². The van der Waals surface area contributed by atoms with Crippen molar-refractivity contribution in [1.29, 1.82) is 0 Å². The average Bonchev–Trinajstić information content (AvgIpc) is 2.83. The molecule has 0 fully saturated rings. The van der Waals surface area contributed by atoms with E-state index in [0.29, 0.717) is 17.6 Å². The third kappa shape index (κ3) is 26.4. The molecule has 0 aliphatic rings. The minimum atomic E-state index is -4.48. The Morgan fingerprint density at radius 1 is 0.838 bits per heavy atom. The van der Waals surface area contributed by atoms with Gasteiger partial charge in [-0.3, -0.25) is 9.36 Å². The molecule has 2 unspecified atom stereocenters. The third-order valence-corrected chi connectivity index (χ3v) is 6.52. The summed E-state index contributed by atoms with van der Waals surface area (Å²) in [6.07, 6.45) is 21.2.